The molecule has 0 saturated heterocycles. The number of hydrogen-bond acceptors (Lipinski definition) is 3. The first-order valence-corrected chi connectivity index (χ1v) is 7.65. The van der Waals surface area contributed by atoms with Crippen molar-refractivity contribution in [3.05, 3.63) is 22.7 Å². The molecule has 3 nitrogen and oxygen atoms in total. The van der Waals surface area contributed by atoms with Crippen LogP contribution in [0.5, 0.6) is 11.5 Å². The van der Waals surface area contributed by atoms with Gasteiger partial charge >= 0.3 is 0 Å². The molecule has 1 aromatic carbocycles. The SMILES string of the molecule is CCCCCCC(NC)c1ccc(OC)c(Cl)c1OC. The van der Waals surface area contributed by atoms with Crippen molar-refractivity contribution in [3.8, 4) is 11.5 Å². The summed E-state index contributed by atoms with van der Waals surface area (Å²) in [7, 11) is 5.23. The third-order valence-corrected chi connectivity index (χ3v) is 3.94. The molecular formula is C16H26ClNO2. The minimum absolute atomic E-state index is 0.255. The zero-order valence-corrected chi connectivity index (χ0v) is 13.7. The average Bonchev–Trinajstić information content (AvgIpc) is 2.47. The van der Waals surface area contributed by atoms with Gasteiger partial charge in [0.25, 0.3) is 0 Å². The highest BCUT2D eigenvalue weighted by atomic mass is 35.5. The van der Waals surface area contributed by atoms with Crippen LogP contribution in [0.1, 0.15) is 50.6 Å². The average molecular weight is 300 g/mol. The monoisotopic (exact) mass is 299 g/mol. The molecule has 0 aliphatic heterocycles. The quantitative estimate of drug-likeness (QED) is 0.677. The predicted octanol–water partition coefficient (Wildman–Crippen LogP) is 4.59. The molecule has 0 amide bonds. The molecule has 0 bridgehead atoms. The minimum Gasteiger partial charge on any atom is -0.495 e. The standard InChI is InChI=1S/C16H26ClNO2/c1-5-6-7-8-9-13(18-2)12-10-11-14(19-3)15(17)16(12)20-4/h10-11,13,18H,5-9H2,1-4H3. The lowest BCUT2D eigenvalue weighted by Gasteiger charge is -2.21. The van der Waals surface area contributed by atoms with E-state index in [0.29, 0.717) is 16.5 Å². The lowest BCUT2D eigenvalue weighted by molar-refractivity contribution is 0.383. The first-order chi connectivity index (χ1) is 9.69. The van der Waals surface area contributed by atoms with Gasteiger partial charge in [-0.2, -0.15) is 0 Å². The van der Waals surface area contributed by atoms with Gasteiger partial charge in [-0.15, -0.1) is 0 Å². The molecule has 1 aromatic rings. The first kappa shape index (κ1) is 17.1. The molecule has 0 fully saturated rings. The number of rotatable bonds is 9. The summed E-state index contributed by atoms with van der Waals surface area (Å²) in [5.74, 6) is 1.36. The Bertz CT molecular complexity index is 410. The zero-order chi connectivity index (χ0) is 15.0. The number of benzene rings is 1. The summed E-state index contributed by atoms with van der Waals surface area (Å²) in [5.41, 5.74) is 1.09. The fourth-order valence-corrected chi connectivity index (χ4v) is 2.75. The van der Waals surface area contributed by atoms with E-state index in [0.717, 1.165) is 12.0 Å². The molecule has 1 rings (SSSR count). The van der Waals surface area contributed by atoms with Gasteiger partial charge < -0.3 is 14.8 Å². The largest absolute Gasteiger partial charge is 0.495 e. The van der Waals surface area contributed by atoms with E-state index in [9.17, 15) is 0 Å². The Morgan fingerprint density at radius 1 is 1.15 bits per heavy atom. The van der Waals surface area contributed by atoms with Crippen molar-refractivity contribution >= 4 is 11.6 Å². The van der Waals surface area contributed by atoms with Gasteiger partial charge in [-0.3, -0.25) is 0 Å². The zero-order valence-electron chi connectivity index (χ0n) is 13.0. The number of halogens is 1. The highest BCUT2D eigenvalue weighted by molar-refractivity contribution is 6.33. The highest BCUT2D eigenvalue weighted by Gasteiger charge is 2.19. The van der Waals surface area contributed by atoms with Crippen molar-refractivity contribution < 1.29 is 9.47 Å². The normalized spacial score (nSPS) is 12.2. The van der Waals surface area contributed by atoms with Crippen LogP contribution in [0.15, 0.2) is 12.1 Å². The molecule has 20 heavy (non-hydrogen) atoms. The van der Waals surface area contributed by atoms with Crippen LogP contribution in [0.3, 0.4) is 0 Å². The van der Waals surface area contributed by atoms with Crippen LogP contribution in [0.25, 0.3) is 0 Å². The number of hydrogen-bond donors (Lipinski definition) is 1. The van der Waals surface area contributed by atoms with Crippen LogP contribution in [-0.4, -0.2) is 21.3 Å². The van der Waals surface area contributed by atoms with Crippen molar-refractivity contribution in [3.63, 3.8) is 0 Å². The highest BCUT2D eigenvalue weighted by Crippen LogP contribution is 2.40. The fourth-order valence-electron chi connectivity index (χ4n) is 2.42. The fraction of sp³-hybridized carbons (Fsp3) is 0.625. The predicted molar refractivity (Wildman–Crippen MR) is 85.1 cm³/mol. The Morgan fingerprint density at radius 3 is 2.45 bits per heavy atom. The summed E-state index contributed by atoms with van der Waals surface area (Å²) < 4.78 is 10.7. The molecule has 114 valence electrons. The van der Waals surface area contributed by atoms with Gasteiger partial charge in [0.15, 0.2) is 0 Å². The summed E-state index contributed by atoms with van der Waals surface area (Å²) in [5, 5.41) is 3.90. The van der Waals surface area contributed by atoms with Gasteiger partial charge in [0.1, 0.15) is 16.5 Å². The molecule has 1 N–H and O–H groups in total. The molecule has 0 spiro atoms. The lowest BCUT2D eigenvalue weighted by Crippen LogP contribution is -2.17. The second-order valence-electron chi connectivity index (χ2n) is 4.89. The maximum atomic E-state index is 6.32. The molecule has 0 heterocycles. The molecular weight excluding hydrogens is 274 g/mol. The Kier molecular flexibility index (Phi) is 7.78. The Morgan fingerprint density at radius 2 is 1.90 bits per heavy atom. The maximum absolute atomic E-state index is 6.32. The van der Waals surface area contributed by atoms with E-state index < -0.39 is 0 Å². The van der Waals surface area contributed by atoms with Crippen molar-refractivity contribution in [2.45, 2.75) is 45.1 Å². The molecule has 0 aromatic heterocycles. The topological polar surface area (TPSA) is 30.5 Å². The summed E-state index contributed by atoms with van der Waals surface area (Å²) in [6, 6.07) is 4.19. The lowest BCUT2D eigenvalue weighted by atomic mass is 9.99. The Hall–Kier alpha value is -0.930. The molecule has 4 heteroatoms. The second kappa shape index (κ2) is 9.09. The first-order valence-electron chi connectivity index (χ1n) is 7.27. The van der Waals surface area contributed by atoms with Crippen LogP contribution in [0.4, 0.5) is 0 Å². The van der Waals surface area contributed by atoms with Crippen molar-refractivity contribution in [2.75, 3.05) is 21.3 Å². The van der Waals surface area contributed by atoms with Gasteiger partial charge in [0.2, 0.25) is 0 Å². The van der Waals surface area contributed by atoms with Crippen molar-refractivity contribution in [1.82, 2.24) is 5.32 Å². The summed E-state index contributed by atoms with van der Waals surface area (Å²) >= 11 is 6.32. The van der Waals surface area contributed by atoms with E-state index in [1.165, 1.54) is 25.7 Å². The van der Waals surface area contributed by atoms with E-state index in [-0.39, 0.29) is 6.04 Å². The molecule has 0 aliphatic carbocycles. The molecule has 1 unspecified atom stereocenters. The van der Waals surface area contributed by atoms with Crippen molar-refractivity contribution in [2.24, 2.45) is 0 Å². The van der Waals surface area contributed by atoms with Crippen LogP contribution in [0.2, 0.25) is 5.02 Å². The van der Waals surface area contributed by atoms with Crippen LogP contribution in [0, 0.1) is 0 Å². The van der Waals surface area contributed by atoms with E-state index in [4.69, 9.17) is 21.1 Å². The van der Waals surface area contributed by atoms with E-state index in [1.54, 1.807) is 14.2 Å². The summed E-state index contributed by atoms with van der Waals surface area (Å²) in [6.07, 6.45) is 6.08. The van der Waals surface area contributed by atoms with Gasteiger partial charge in [-0.25, -0.2) is 0 Å². The minimum atomic E-state index is 0.255. The molecule has 0 aliphatic rings. The second-order valence-corrected chi connectivity index (χ2v) is 5.27. The molecule has 1 atom stereocenters. The van der Waals surface area contributed by atoms with E-state index in [1.807, 2.05) is 19.2 Å². The van der Waals surface area contributed by atoms with Crippen molar-refractivity contribution in [1.29, 1.82) is 0 Å². The van der Waals surface area contributed by atoms with Gasteiger partial charge in [-0.05, 0) is 25.6 Å². The molecule has 0 radical (unpaired) electrons. The number of ether oxygens (including phenoxy) is 2. The van der Waals surface area contributed by atoms with E-state index >= 15 is 0 Å². The number of unbranched alkanes of at least 4 members (excludes halogenated alkanes) is 3. The number of nitrogens with one attached hydrogen (secondary N) is 1. The van der Waals surface area contributed by atoms with Gasteiger partial charge in [-0.1, -0.05) is 44.2 Å². The molecule has 0 saturated carbocycles. The van der Waals surface area contributed by atoms with Crippen LogP contribution < -0.4 is 14.8 Å². The van der Waals surface area contributed by atoms with Gasteiger partial charge in [0.05, 0.1) is 14.2 Å². The Balaban J connectivity index is 2.88. The van der Waals surface area contributed by atoms with Crippen LogP contribution >= 0.6 is 11.6 Å². The summed E-state index contributed by atoms with van der Waals surface area (Å²) in [6.45, 7) is 2.22. The van der Waals surface area contributed by atoms with E-state index in [2.05, 4.69) is 12.2 Å². The number of methoxy groups -OCH3 is 2. The van der Waals surface area contributed by atoms with Gasteiger partial charge in [0, 0.05) is 11.6 Å². The van der Waals surface area contributed by atoms with Crippen LogP contribution in [-0.2, 0) is 0 Å². The Labute approximate surface area is 127 Å². The maximum Gasteiger partial charge on any atom is 0.146 e. The smallest absolute Gasteiger partial charge is 0.146 e. The third-order valence-electron chi connectivity index (χ3n) is 3.59. The third kappa shape index (κ3) is 4.29. The summed E-state index contributed by atoms with van der Waals surface area (Å²) in [4.78, 5) is 0.